The molecule has 1 aromatic rings. The Morgan fingerprint density at radius 1 is 1.26 bits per heavy atom. The summed E-state index contributed by atoms with van der Waals surface area (Å²) in [5.41, 5.74) is 1.15. The van der Waals surface area contributed by atoms with E-state index in [-0.39, 0.29) is 5.91 Å². The zero-order valence-corrected chi connectivity index (χ0v) is 11.3. The van der Waals surface area contributed by atoms with Gasteiger partial charge in [0, 0.05) is 12.1 Å². The Morgan fingerprint density at radius 2 is 2.00 bits per heavy atom. The highest BCUT2D eigenvalue weighted by Gasteiger charge is 2.19. The number of nitrogens with one attached hydrogen (secondary N) is 1. The van der Waals surface area contributed by atoms with Crippen molar-refractivity contribution in [3.63, 3.8) is 0 Å². The van der Waals surface area contributed by atoms with E-state index in [1.54, 1.807) is 39.0 Å². The summed E-state index contributed by atoms with van der Waals surface area (Å²) >= 11 is 0. The summed E-state index contributed by atoms with van der Waals surface area (Å²) in [6, 6.07) is 5.11. The number of fused-ring (bicyclic) bond motifs is 1. The molecule has 0 spiro atoms. The Hall–Kier alpha value is -2.04. The molecule has 102 valence electrons. The van der Waals surface area contributed by atoms with Gasteiger partial charge in [0.05, 0.1) is 0 Å². The second-order valence-electron chi connectivity index (χ2n) is 5.43. The number of benzene rings is 1. The molecule has 0 atom stereocenters. The number of amides is 1. The number of carbonyl (C=O) groups excluding carboxylic acids is 2. The summed E-state index contributed by atoms with van der Waals surface area (Å²) in [5, 5.41) is 2.77. The average molecular weight is 263 g/mol. The Kier molecular flexibility index (Phi) is 3.46. The second-order valence-corrected chi connectivity index (χ2v) is 5.43. The molecular weight excluding hydrogens is 246 g/mol. The zero-order valence-electron chi connectivity index (χ0n) is 11.3. The molecule has 0 aromatic heterocycles. The van der Waals surface area contributed by atoms with Crippen molar-refractivity contribution in [3.8, 4) is 5.75 Å². The molecule has 1 aliphatic rings. The van der Waals surface area contributed by atoms with E-state index in [9.17, 15) is 9.59 Å². The molecule has 0 saturated carbocycles. The highest BCUT2D eigenvalue weighted by molar-refractivity contribution is 5.94. The molecule has 0 unspecified atom stereocenters. The Morgan fingerprint density at radius 3 is 2.68 bits per heavy atom. The fourth-order valence-electron chi connectivity index (χ4n) is 1.79. The minimum absolute atomic E-state index is 0.00770. The predicted molar refractivity (Wildman–Crippen MR) is 70.3 cm³/mol. The van der Waals surface area contributed by atoms with Crippen LogP contribution < -0.4 is 10.1 Å². The highest BCUT2D eigenvalue weighted by Crippen LogP contribution is 2.27. The maximum atomic E-state index is 11.5. The first kappa shape index (κ1) is 13.4. The van der Waals surface area contributed by atoms with E-state index in [1.807, 2.05) is 0 Å². The first-order chi connectivity index (χ1) is 8.83. The van der Waals surface area contributed by atoms with E-state index in [1.165, 1.54) is 0 Å². The summed E-state index contributed by atoms with van der Waals surface area (Å²) in [6.07, 6.45) is 0.363. The molecule has 1 aromatic carbocycles. The van der Waals surface area contributed by atoms with Crippen LogP contribution in [-0.4, -0.2) is 17.7 Å². The van der Waals surface area contributed by atoms with Gasteiger partial charge >= 0.3 is 6.16 Å². The van der Waals surface area contributed by atoms with Crippen molar-refractivity contribution in [2.75, 3.05) is 5.32 Å². The third-order valence-corrected chi connectivity index (χ3v) is 2.56. The van der Waals surface area contributed by atoms with Crippen LogP contribution in [0.4, 0.5) is 10.5 Å². The molecule has 5 heteroatoms. The molecule has 19 heavy (non-hydrogen) atoms. The van der Waals surface area contributed by atoms with Gasteiger partial charge in [0.1, 0.15) is 11.4 Å². The molecule has 5 nitrogen and oxygen atoms in total. The number of ether oxygens (including phenoxy) is 2. The fraction of sp³-hybridized carbons (Fsp3) is 0.429. The zero-order chi connectivity index (χ0) is 14.0. The second kappa shape index (κ2) is 4.91. The smallest absolute Gasteiger partial charge is 0.428 e. The summed E-state index contributed by atoms with van der Waals surface area (Å²) in [5.74, 6) is 0.428. The van der Waals surface area contributed by atoms with Crippen LogP contribution in [-0.2, 0) is 16.0 Å². The molecule has 1 amide bonds. The summed E-state index contributed by atoms with van der Waals surface area (Å²) in [4.78, 5) is 22.8. The van der Waals surface area contributed by atoms with Crippen molar-refractivity contribution in [3.05, 3.63) is 23.8 Å². The lowest BCUT2D eigenvalue weighted by Crippen LogP contribution is -2.26. The van der Waals surface area contributed by atoms with Crippen molar-refractivity contribution in [2.45, 2.75) is 39.2 Å². The van der Waals surface area contributed by atoms with Crippen molar-refractivity contribution >= 4 is 17.7 Å². The standard InChI is InChI=1S/C14H17NO4/c1-14(2,3)19-13(17)18-10-5-6-11-9(8-10)4-7-12(16)15-11/h5-6,8H,4,7H2,1-3H3,(H,15,16). The molecule has 0 bridgehead atoms. The highest BCUT2D eigenvalue weighted by atomic mass is 16.7. The Bertz CT molecular complexity index is 517. The summed E-state index contributed by atoms with van der Waals surface area (Å²) in [6.45, 7) is 5.32. The van der Waals surface area contributed by atoms with Crippen molar-refractivity contribution < 1.29 is 19.1 Å². The van der Waals surface area contributed by atoms with Gasteiger partial charge in [-0.15, -0.1) is 0 Å². The van der Waals surface area contributed by atoms with Crippen LogP contribution in [0.25, 0.3) is 0 Å². The van der Waals surface area contributed by atoms with Gasteiger partial charge in [-0.1, -0.05) is 0 Å². The summed E-state index contributed by atoms with van der Waals surface area (Å²) < 4.78 is 10.2. The molecule has 1 N–H and O–H groups in total. The van der Waals surface area contributed by atoms with E-state index >= 15 is 0 Å². The van der Waals surface area contributed by atoms with E-state index in [2.05, 4.69) is 5.32 Å². The van der Waals surface area contributed by atoms with Gasteiger partial charge in [0.25, 0.3) is 0 Å². The number of aryl methyl sites for hydroxylation is 1. The van der Waals surface area contributed by atoms with Gasteiger partial charge in [-0.25, -0.2) is 4.79 Å². The minimum Gasteiger partial charge on any atom is -0.428 e. The van der Waals surface area contributed by atoms with Crippen LogP contribution in [0.2, 0.25) is 0 Å². The first-order valence-corrected chi connectivity index (χ1v) is 6.17. The van der Waals surface area contributed by atoms with E-state index in [0.29, 0.717) is 18.6 Å². The van der Waals surface area contributed by atoms with E-state index in [0.717, 1.165) is 11.3 Å². The SMILES string of the molecule is CC(C)(C)OC(=O)Oc1ccc2c(c1)CCC(=O)N2. The van der Waals surface area contributed by atoms with Crippen LogP contribution in [0.3, 0.4) is 0 Å². The largest absolute Gasteiger partial charge is 0.514 e. The topological polar surface area (TPSA) is 64.6 Å². The molecule has 1 heterocycles. The van der Waals surface area contributed by atoms with Gasteiger partial charge in [0.2, 0.25) is 5.91 Å². The van der Waals surface area contributed by atoms with Crippen molar-refractivity contribution in [1.29, 1.82) is 0 Å². The van der Waals surface area contributed by atoms with Gasteiger partial charge in [-0.05, 0) is 51.0 Å². The third kappa shape index (κ3) is 3.71. The molecule has 0 fully saturated rings. The lowest BCUT2D eigenvalue weighted by Gasteiger charge is -2.20. The lowest BCUT2D eigenvalue weighted by atomic mass is 10.0. The molecule has 2 rings (SSSR count). The maximum Gasteiger partial charge on any atom is 0.514 e. The molecule has 0 aliphatic carbocycles. The lowest BCUT2D eigenvalue weighted by molar-refractivity contribution is -0.116. The van der Waals surface area contributed by atoms with Gasteiger partial charge in [-0.3, -0.25) is 4.79 Å². The summed E-state index contributed by atoms with van der Waals surface area (Å²) in [7, 11) is 0. The van der Waals surface area contributed by atoms with Gasteiger partial charge in [0.15, 0.2) is 0 Å². The average Bonchev–Trinajstić information content (AvgIpc) is 2.26. The molecule has 1 aliphatic heterocycles. The van der Waals surface area contributed by atoms with Crippen LogP contribution in [0.15, 0.2) is 18.2 Å². The van der Waals surface area contributed by atoms with Crippen LogP contribution in [0, 0.1) is 0 Å². The number of anilines is 1. The number of hydrogen-bond donors (Lipinski definition) is 1. The number of hydrogen-bond acceptors (Lipinski definition) is 4. The van der Waals surface area contributed by atoms with E-state index < -0.39 is 11.8 Å². The Balaban J connectivity index is 2.06. The van der Waals surface area contributed by atoms with Crippen LogP contribution in [0.1, 0.15) is 32.8 Å². The van der Waals surface area contributed by atoms with Crippen LogP contribution in [0.5, 0.6) is 5.75 Å². The maximum absolute atomic E-state index is 11.5. The van der Waals surface area contributed by atoms with E-state index in [4.69, 9.17) is 9.47 Å². The molecule has 0 saturated heterocycles. The quantitative estimate of drug-likeness (QED) is 0.625. The first-order valence-electron chi connectivity index (χ1n) is 6.17. The normalized spacial score (nSPS) is 14.4. The number of carbonyl (C=O) groups is 2. The minimum atomic E-state index is -0.729. The monoisotopic (exact) mass is 263 g/mol. The fourth-order valence-corrected chi connectivity index (χ4v) is 1.79. The molecular formula is C14H17NO4. The number of rotatable bonds is 1. The van der Waals surface area contributed by atoms with Gasteiger partial charge in [-0.2, -0.15) is 0 Å². The third-order valence-electron chi connectivity index (χ3n) is 2.56. The van der Waals surface area contributed by atoms with Crippen molar-refractivity contribution in [1.82, 2.24) is 0 Å². The predicted octanol–water partition coefficient (Wildman–Crippen LogP) is 2.89. The van der Waals surface area contributed by atoms with Gasteiger partial charge < -0.3 is 14.8 Å². The van der Waals surface area contributed by atoms with Crippen molar-refractivity contribution in [2.24, 2.45) is 0 Å². The Labute approximate surface area is 111 Å². The van der Waals surface area contributed by atoms with Crippen LogP contribution >= 0.6 is 0 Å². The molecule has 0 radical (unpaired) electrons.